The number of ether oxygens (including phenoxy) is 2. The number of fused-ring (bicyclic) bond motifs is 1. The van der Waals surface area contributed by atoms with E-state index >= 15 is 0 Å². The normalized spacial score (nSPS) is 10.6. The van der Waals surface area contributed by atoms with Crippen LogP contribution in [-0.2, 0) is 23.6 Å². The van der Waals surface area contributed by atoms with E-state index in [-0.39, 0.29) is 19.0 Å². The van der Waals surface area contributed by atoms with Gasteiger partial charge in [-0.05, 0) is 82.9 Å². The van der Waals surface area contributed by atoms with Crippen molar-refractivity contribution in [2.45, 2.75) is 60.2 Å². The van der Waals surface area contributed by atoms with Crippen LogP contribution in [0, 0.1) is 0 Å². The maximum Gasteiger partial charge on any atom is 0.412 e. The fourth-order valence-corrected chi connectivity index (χ4v) is 3.60. The molecule has 258 valence electrons. The Labute approximate surface area is 273 Å². The molecular weight excluding hydrogens is 612 g/mol. The highest BCUT2D eigenvalue weighted by Gasteiger charge is 2.21. The molecule has 0 unspecified atom stereocenters. The van der Waals surface area contributed by atoms with Gasteiger partial charge in [0.25, 0.3) is 5.91 Å². The number of anilines is 2. The molecule has 0 aromatic carbocycles. The fraction of sp³-hybridized carbons (Fsp3) is 0.433. The third-order valence-corrected chi connectivity index (χ3v) is 5.32. The van der Waals surface area contributed by atoms with Crippen LogP contribution < -0.4 is 26.5 Å². The third kappa shape index (κ3) is 12.1. The Balaban J connectivity index is 0.000000464. The van der Waals surface area contributed by atoms with Gasteiger partial charge in [-0.3, -0.25) is 15.4 Å². The molecule has 0 fully saturated rings. The second kappa shape index (κ2) is 16.7. The molecule has 0 aliphatic carbocycles. The maximum atomic E-state index is 12.4. The number of carbonyl (C=O) groups is 4. The SMILES string of the molecule is C.CN.CNC(=O)c1cc(NC(=O)OC(C)(C)C)cn1C.Cn1cc(NC(=O)OC(C)(C)C)cc1C(=O)On1nnc2cccnc21. The average Bonchev–Trinajstić information content (AvgIpc) is 3.64. The second-order valence-corrected chi connectivity index (χ2v) is 11.5. The van der Waals surface area contributed by atoms with Gasteiger partial charge in [-0.25, -0.2) is 19.4 Å². The monoisotopic (exact) mass is 658 g/mol. The van der Waals surface area contributed by atoms with Crippen LogP contribution in [0.2, 0.25) is 0 Å². The van der Waals surface area contributed by atoms with E-state index in [1.54, 1.807) is 104 Å². The number of hydrogen-bond acceptors (Lipinski definition) is 11. The lowest BCUT2D eigenvalue weighted by molar-refractivity contribution is 0.0393. The number of aromatic nitrogens is 6. The van der Waals surface area contributed by atoms with Crippen LogP contribution in [0.4, 0.5) is 21.0 Å². The number of nitrogens with one attached hydrogen (secondary N) is 3. The molecule has 5 N–H and O–H groups in total. The molecule has 0 aliphatic rings. The first-order valence-corrected chi connectivity index (χ1v) is 14.0. The van der Waals surface area contributed by atoms with Gasteiger partial charge in [0.2, 0.25) is 5.65 Å². The summed E-state index contributed by atoms with van der Waals surface area (Å²) in [5.74, 6) is -0.892. The van der Waals surface area contributed by atoms with Gasteiger partial charge in [0.1, 0.15) is 28.1 Å². The van der Waals surface area contributed by atoms with Crippen molar-refractivity contribution < 1.29 is 33.5 Å². The summed E-state index contributed by atoms with van der Waals surface area (Å²) < 4.78 is 13.4. The second-order valence-electron chi connectivity index (χ2n) is 11.5. The van der Waals surface area contributed by atoms with E-state index in [2.05, 4.69) is 37.0 Å². The van der Waals surface area contributed by atoms with E-state index in [9.17, 15) is 19.2 Å². The van der Waals surface area contributed by atoms with E-state index in [0.717, 1.165) is 4.85 Å². The Morgan fingerprint density at radius 3 is 1.81 bits per heavy atom. The zero-order chi connectivity index (χ0) is 34.8. The minimum atomic E-state index is -0.679. The lowest BCUT2D eigenvalue weighted by Crippen LogP contribution is -2.27. The minimum Gasteiger partial charge on any atom is -0.444 e. The van der Waals surface area contributed by atoms with Crippen LogP contribution in [-0.4, -0.2) is 78.6 Å². The highest BCUT2D eigenvalue weighted by atomic mass is 16.7. The van der Waals surface area contributed by atoms with Gasteiger partial charge in [-0.2, -0.15) is 0 Å². The van der Waals surface area contributed by atoms with Crippen molar-refractivity contribution in [3.05, 3.63) is 54.2 Å². The molecule has 47 heavy (non-hydrogen) atoms. The molecular formula is C30H46N10O7. The molecule has 0 aliphatic heterocycles. The third-order valence-electron chi connectivity index (χ3n) is 5.32. The number of hydrogen-bond donors (Lipinski definition) is 4. The summed E-state index contributed by atoms with van der Waals surface area (Å²) in [5, 5.41) is 15.3. The standard InChI is InChI=1S/C16H18N6O4.C12H19N3O3.CH5N.CH4/c1-16(2,3)25-15(24)18-10-8-12(21(4)9-10)14(23)26-22-13-11(19-20-22)6-5-7-17-13;1-12(2,3)18-11(17)14-8-6-9(10(16)13-4)15(5)7-8;1-2;/h5-9H,1-4H3,(H,18,24);6-7H,1-5H3,(H,13,16)(H,14,17);2H2,1H3;1H4. The molecule has 4 rings (SSSR count). The summed E-state index contributed by atoms with van der Waals surface area (Å²) >= 11 is 0. The zero-order valence-corrected chi connectivity index (χ0v) is 27.7. The topological polar surface area (TPSA) is 212 Å². The number of rotatable bonds is 5. The predicted molar refractivity (Wildman–Crippen MR) is 177 cm³/mol. The molecule has 17 nitrogen and oxygen atoms in total. The molecule has 17 heteroatoms. The minimum absolute atomic E-state index is 0. The van der Waals surface area contributed by atoms with Crippen molar-refractivity contribution in [1.29, 1.82) is 0 Å². The average molecular weight is 659 g/mol. The summed E-state index contributed by atoms with van der Waals surface area (Å²) in [7, 11) is 6.43. The first-order chi connectivity index (χ1) is 21.5. The van der Waals surface area contributed by atoms with Crippen molar-refractivity contribution >= 4 is 46.6 Å². The predicted octanol–water partition coefficient (Wildman–Crippen LogP) is 3.72. The smallest absolute Gasteiger partial charge is 0.412 e. The van der Waals surface area contributed by atoms with E-state index < -0.39 is 29.4 Å². The van der Waals surface area contributed by atoms with Crippen LogP contribution >= 0.6 is 0 Å². The van der Waals surface area contributed by atoms with Gasteiger partial charge >= 0.3 is 18.2 Å². The zero-order valence-electron chi connectivity index (χ0n) is 27.7. The van der Waals surface area contributed by atoms with Crippen LogP contribution in [0.25, 0.3) is 11.2 Å². The van der Waals surface area contributed by atoms with E-state index in [4.69, 9.17) is 14.3 Å². The molecule has 0 atom stereocenters. The lowest BCUT2D eigenvalue weighted by atomic mass is 10.2. The van der Waals surface area contributed by atoms with E-state index in [1.807, 2.05) is 0 Å². The quantitative estimate of drug-likeness (QED) is 0.227. The number of nitrogens with two attached hydrogens (primary N) is 1. The summed E-state index contributed by atoms with van der Waals surface area (Å²) in [5.41, 5.74) is 5.73. The van der Waals surface area contributed by atoms with Gasteiger partial charge in [-0.15, -0.1) is 5.10 Å². The van der Waals surface area contributed by atoms with Crippen molar-refractivity contribution in [1.82, 2.24) is 34.6 Å². The number of nitrogens with zero attached hydrogens (tertiary/aromatic N) is 6. The molecule has 0 radical (unpaired) electrons. The number of carbonyl (C=O) groups excluding carboxylic acids is 4. The molecule has 0 saturated carbocycles. The highest BCUT2D eigenvalue weighted by molar-refractivity contribution is 5.95. The summed E-state index contributed by atoms with van der Waals surface area (Å²) in [6, 6.07) is 6.46. The van der Waals surface area contributed by atoms with Crippen molar-refractivity contribution in [2.24, 2.45) is 19.8 Å². The van der Waals surface area contributed by atoms with Crippen molar-refractivity contribution in [2.75, 3.05) is 24.7 Å². The Kier molecular flexibility index (Phi) is 14.1. The summed E-state index contributed by atoms with van der Waals surface area (Å²) in [4.78, 5) is 57.5. The van der Waals surface area contributed by atoms with Crippen LogP contribution in [0.5, 0.6) is 0 Å². The number of aryl methyl sites for hydroxylation is 2. The first-order valence-electron chi connectivity index (χ1n) is 14.0. The fourth-order valence-electron chi connectivity index (χ4n) is 3.60. The van der Waals surface area contributed by atoms with Crippen molar-refractivity contribution in [3.63, 3.8) is 0 Å². The van der Waals surface area contributed by atoms with Gasteiger partial charge in [0, 0.05) is 39.7 Å². The van der Waals surface area contributed by atoms with Gasteiger partial charge in [0.05, 0.1) is 11.4 Å². The summed E-state index contributed by atoms with van der Waals surface area (Å²) in [6.45, 7) is 10.6. The molecule has 4 aromatic heterocycles. The van der Waals surface area contributed by atoms with Crippen LogP contribution in [0.15, 0.2) is 42.9 Å². The van der Waals surface area contributed by atoms with Gasteiger partial charge in [-0.1, -0.05) is 7.43 Å². The maximum absolute atomic E-state index is 12.4. The molecule has 0 spiro atoms. The highest BCUT2D eigenvalue weighted by Crippen LogP contribution is 2.17. The largest absolute Gasteiger partial charge is 0.444 e. The first kappa shape index (κ1) is 39.6. The summed E-state index contributed by atoms with van der Waals surface area (Å²) in [6.07, 6.45) is 3.60. The van der Waals surface area contributed by atoms with Gasteiger partial charge < -0.3 is 34.5 Å². The molecule has 4 heterocycles. The van der Waals surface area contributed by atoms with Crippen molar-refractivity contribution in [3.8, 4) is 0 Å². The molecule has 4 aromatic rings. The van der Waals surface area contributed by atoms with Crippen LogP contribution in [0.3, 0.4) is 0 Å². The molecule has 3 amide bonds. The Bertz CT molecular complexity index is 1660. The Hall–Kier alpha value is -5.45. The lowest BCUT2D eigenvalue weighted by Gasteiger charge is -2.19. The van der Waals surface area contributed by atoms with E-state index in [0.29, 0.717) is 28.2 Å². The van der Waals surface area contributed by atoms with Crippen LogP contribution in [0.1, 0.15) is 69.9 Å². The van der Waals surface area contributed by atoms with E-state index in [1.165, 1.54) is 17.7 Å². The Morgan fingerprint density at radius 2 is 1.32 bits per heavy atom. The Morgan fingerprint density at radius 1 is 0.830 bits per heavy atom. The van der Waals surface area contributed by atoms with Gasteiger partial charge in [0.15, 0.2) is 0 Å². The number of pyridine rings is 1. The molecule has 0 saturated heterocycles. The number of amides is 3. The molecule has 0 bridgehead atoms.